The average molecular weight is 144 g/mol. The van der Waals surface area contributed by atoms with Crippen LogP contribution in [0.1, 0.15) is 19.8 Å². The Balaban J connectivity index is 3.34. The SMILES string of the molecule is CC/C=C/CC(CO)CO. The van der Waals surface area contributed by atoms with Crippen LogP contribution in [0.5, 0.6) is 0 Å². The lowest BCUT2D eigenvalue weighted by molar-refractivity contribution is 0.152. The Morgan fingerprint density at radius 2 is 1.80 bits per heavy atom. The summed E-state index contributed by atoms with van der Waals surface area (Å²) in [7, 11) is 0. The van der Waals surface area contributed by atoms with Gasteiger partial charge in [0.1, 0.15) is 0 Å². The molecular formula is C8H16O2. The van der Waals surface area contributed by atoms with Crippen LogP contribution in [0, 0.1) is 5.92 Å². The van der Waals surface area contributed by atoms with E-state index in [1.807, 2.05) is 12.2 Å². The fourth-order valence-corrected chi connectivity index (χ4v) is 0.662. The Bertz CT molecular complexity index is 85.3. The topological polar surface area (TPSA) is 40.5 Å². The molecule has 0 aromatic rings. The third-order valence-corrected chi connectivity index (χ3v) is 1.39. The summed E-state index contributed by atoms with van der Waals surface area (Å²) in [6, 6.07) is 0. The molecule has 0 atom stereocenters. The van der Waals surface area contributed by atoms with Gasteiger partial charge in [0.05, 0.1) is 0 Å². The Morgan fingerprint density at radius 1 is 1.20 bits per heavy atom. The van der Waals surface area contributed by atoms with Crippen molar-refractivity contribution in [3.63, 3.8) is 0 Å². The zero-order chi connectivity index (χ0) is 7.82. The fraction of sp³-hybridized carbons (Fsp3) is 0.750. The monoisotopic (exact) mass is 144 g/mol. The number of hydrogen-bond acceptors (Lipinski definition) is 2. The quantitative estimate of drug-likeness (QED) is 0.564. The van der Waals surface area contributed by atoms with E-state index < -0.39 is 0 Å². The molecule has 0 amide bonds. The van der Waals surface area contributed by atoms with E-state index in [1.54, 1.807) is 0 Å². The van der Waals surface area contributed by atoms with E-state index in [2.05, 4.69) is 6.92 Å². The maximum atomic E-state index is 8.63. The molecule has 0 spiro atoms. The Morgan fingerprint density at radius 3 is 2.20 bits per heavy atom. The second kappa shape index (κ2) is 6.78. The lowest BCUT2D eigenvalue weighted by atomic mass is 10.1. The van der Waals surface area contributed by atoms with Crippen molar-refractivity contribution >= 4 is 0 Å². The third kappa shape index (κ3) is 4.53. The highest BCUT2D eigenvalue weighted by molar-refractivity contribution is 4.82. The second-order valence-electron chi connectivity index (χ2n) is 2.35. The van der Waals surface area contributed by atoms with Crippen molar-refractivity contribution in [1.29, 1.82) is 0 Å². The van der Waals surface area contributed by atoms with Crippen molar-refractivity contribution in [2.75, 3.05) is 13.2 Å². The van der Waals surface area contributed by atoms with Gasteiger partial charge >= 0.3 is 0 Å². The van der Waals surface area contributed by atoms with Crippen LogP contribution in [0.15, 0.2) is 12.2 Å². The molecule has 0 aromatic heterocycles. The maximum Gasteiger partial charge on any atom is 0.0484 e. The first-order valence-corrected chi connectivity index (χ1v) is 3.71. The van der Waals surface area contributed by atoms with Crippen LogP contribution in [0.4, 0.5) is 0 Å². The van der Waals surface area contributed by atoms with Crippen LogP contribution in [-0.4, -0.2) is 23.4 Å². The van der Waals surface area contributed by atoms with Gasteiger partial charge in [-0.2, -0.15) is 0 Å². The summed E-state index contributed by atoms with van der Waals surface area (Å²) in [6.45, 7) is 2.21. The number of aliphatic hydroxyl groups is 2. The van der Waals surface area contributed by atoms with Crippen molar-refractivity contribution in [2.45, 2.75) is 19.8 Å². The van der Waals surface area contributed by atoms with Gasteiger partial charge in [0.25, 0.3) is 0 Å². The number of rotatable bonds is 5. The molecule has 0 fully saturated rings. The average Bonchev–Trinajstić information content (AvgIpc) is 1.99. The van der Waals surface area contributed by atoms with Gasteiger partial charge in [-0.05, 0) is 12.8 Å². The minimum absolute atomic E-state index is 0.0304. The summed E-state index contributed by atoms with van der Waals surface area (Å²) in [6.07, 6.45) is 5.83. The van der Waals surface area contributed by atoms with Crippen LogP contribution in [0.2, 0.25) is 0 Å². The van der Waals surface area contributed by atoms with Crippen LogP contribution in [-0.2, 0) is 0 Å². The summed E-state index contributed by atoms with van der Waals surface area (Å²) < 4.78 is 0. The van der Waals surface area contributed by atoms with Crippen molar-refractivity contribution in [3.8, 4) is 0 Å². The van der Waals surface area contributed by atoms with Crippen molar-refractivity contribution < 1.29 is 10.2 Å². The first-order chi connectivity index (χ1) is 4.85. The molecule has 2 N–H and O–H groups in total. The molecule has 0 aliphatic carbocycles. The molecule has 10 heavy (non-hydrogen) atoms. The van der Waals surface area contributed by atoms with E-state index in [0.717, 1.165) is 12.8 Å². The lowest BCUT2D eigenvalue weighted by Gasteiger charge is -2.05. The molecule has 0 saturated heterocycles. The molecule has 0 aliphatic heterocycles. The van der Waals surface area contributed by atoms with Crippen molar-refractivity contribution in [3.05, 3.63) is 12.2 Å². The Hall–Kier alpha value is -0.340. The Kier molecular flexibility index (Phi) is 6.55. The van der Waals surface area contributed by atoms with Gasteiger partial charge in [0.15, 0.2) is 0 Å². The van der Waals surface area contributed by atoms with E-state index in [9.17, 15) is 0 Å². The van der Waals surface area contributed by atoms with E-state index in [0.29, 0.717) is 0 Å². The van der Waals surface area contributed by atoms with Gasteiger partial charge in [-0.1, -0.05) is 19.1 Å². The smallest absolute Gasteiger partial charge is 0.0484 e. The van der Waals surface area contributed by atoms with Gasteiger partial charge in [-0.25, -0.2) is 0 Å². The molecule has 60 valence electrons. The van der Waals surface area contributed by atoms with E-state index >= 15 is 0 Å². The molecule has 0 bridgehead atoms. The summed E-state index contributed by atoms with van der Waals surface area (Å²) >= 11 is 0. The van der Waals surface area contributed by atoms with Crippen LogP contribution in [0.25, 0.3) is 0 Å². The molecular weight excluding hydrogens is 128 g/mol. The molecule has 2 nitrogen and oxygen atoms in total. The van der Waals surface area contributed by atoms with E-state index in [1.165, 1.54) is 0 Å². The molecule has 0 heterocycles. The molecule has 0 rings (SSSR count). The number of allylic oxidation sites excluding steroid dienone is 2. The molecule has 0 unspecified atom stereocenters. The number of aliphatic hydroxyl groups excluding tert-OH is 2. The first kappa shape index (κ1) is 9.66. The zero-order valence-corrected chi connectivity index (χ0v) is 6.45. The van der Waals surface area contributed by atoms with Gasteiger partial charge in [0.2, 0.25) is 0 Å². The normalized spacial score (nSPS) is 11.6. The second-order valence-corrected chi connectivity index (χ2v) is 2.35. The summed E-state index contributed by atoms with van der Waals surface area (Å²) in [5, 5.41) is 17.3. The summed E-state index contributed by atoms with van der Waals surface area (Å²) in [5.74, 6) is 0.0304. The van der Waals surface area contributed by atoms with Crippen molar-refractivity contribution in [2.24, 2.45) is 5.92 Å². The van der Waals surface area contributed by atoms with Gasteiger partial charge in [-0.3, -0.25) is 0 Å². The predicted octanol–water partition coefficient (Wildman–Crippen LogP) is 0.944. The van der Waals surface area contributed by atoms with Crippen LogP contribution < -0.4 is 0 Å². The first-order valence-electron chi connectivity index (χ1n) is 3.71. The van der Waals surface area contributed by atoms with Crippen LogP contribution in [0.3, 0.4) is 0 Å². The van der Waals surface area contributed by atoms with E-state index in [4.69, 9.17) is 10.2 Å². The highest BCUT2D eigenvalue weighted by Crippen LogP contribution is 2.01. The lowest BCUT2D eigenvalue weighted by Crippen LogP contribution is -2.09. The highest BCUT2D eigenvalue weighted by Gasteiger charge is 2.00. The highest BCUT2D eigenvalue weighted by atomic mass is 16.3. The van der Waals surface area contributed by atoms with E-state index in [-0.39, 0.29) is 19.1 Å². The van der Waals surface area contributed by atoms with Crippen molar-refractivity contribution in [1.82, 2.24) is 0 Å². The van der Waals surface area contributed by atoms with Crippen LogP contribution >= 0.6 is 0 Å². The molecule has 0 radical (unpaired) electrons. The summed E-state index contributed by atoms with van der Waals surface area (Å²) in [5.41, 5.74) is 0. The largest absolute Gasteiger partial charge is 0.396 e. The molecule has 2 heteroatoms. The molecule has 0 aromatic carbocycles. The minimum Gasteiger partial charge on any atom is -0.396 e. The van der Waals surface area contributed by atoms with Gasteiger partial charge in [-0.15, -0.1) is 0 Å². The zero-order valence-electron chi connectivity index (χ0n) is 6.45. The fourth-order valence-electron chi connectivity index (χ4n) is 0.662. The van der Waals surface area contributed by atoms with Gasteiger partial charge < -0.3 is 10.2 Å². The minimum atomic E-state index is 0.0304. The summed E-state index contributed by atoms with van der Waals surface area (Å²) in [4.78, 5) is 0. The number of hydrogen-bond donors (Lipinski definition) is 2. The predicted molar refractivity (Wildman–Crippen MR) is 41.7 cm³/mol. The Labute approximate surface area is 62.2 Å². The van der Waals surface area contributed by atoms with Gasteiger partial charge in [0, 0.05) is 19.1 Å². The molecule has 0 saturated carbocycles. The molecule has 0 aliphatic rings. The maximum absolute atomic E-state index is 8.63. The standard InChI is InChI=1S/C8H16O2/c1-2-3-4-5-8(6-9)7-10/h3-4,8-10H,2,5-7H2,1H3/b4-3+. The third-order valence-electron chi connectivity index (χ3n) is 1.39.